The molecule has 0 spiro atoms. The average Bonchev–Trinajstić information content (AvgIpc) is 2.14. The Hall–Kier alpha value is -1.55. The minimum Gasteiger partial charge on any atom is -0.376 e. The number of anilines is 1. The van der Waals surface area contributed by atoms with Crippen LogP contribution in [0.15, 0.2) is 24.3 Å². The van der Waals surface area contributed by atoms with Gasteiger partial charge in [-0.15, -0.1) is 0 Å². The zero-order valence-corrected chi connectivity index (χ0v) is 7.50. The highest BCUT2D eigenvalue weighted by Crippen LogP contribution is 2.08. The van der Waals surface area contributed by atoms with Gasteiger partial charge in [0.05, 0.1) is 6.54 Å². The molecule has 4 N–H and O–H groups in total. The molecule has 70 valence electrons. The van der Waals surface area contributed by atoms with Gasteiger partial charge in [0, 0.05) is 5.69 Å². The number of carbonyl (C=O) groups excluding carboxylic acids is 1. The van der Waals surface area contributed by atoms with Gasteiger partial charge in [0.15, 0.2) is 0 Å². The molecule has 0 saturated heterocycles. The SMILES string of the molecule is Cc1cccc(NCC(=O)NN)c1. The maximum absolute atomic E-state index is 10.8. The van der Waals surface area contributed by atoms with Gasteiger partial charge in [0.2, 0.25) is 0 Å². The van der Waals surface area contributed by atoms with Crippen molar-refractivity contribution < 1.29 is 4.79 Å². The van der Waals surface area contributed by atoms with Gasteiger partial charge < -0.3 is 5.32 Å². The topological polar surface area (TPSA) is 67.2 Å². The summed E-state index contributed by atoms with van der Waals surface area (Å²) in [4.78, 5) is 10.8. The fourth-order valence-electron chi connectivity index (χ4n) is 0.988. The summed E-state index contributed by atoms with van der Waals surface area (Å²) in [6, 6.07) is 7.78. The van der Waals surface area contributed by atoms with Gasteiger partial charge in [-0.1, -0.05) is 12.1 Å². The second-order valence-electron chi connectivity index (χ2n) is 2.79. The molecule has 0 aromatic heterocycles. The molecule has 4 nitrogen and oxygen atoms in total. The monoisotopic (exact) mass is 179 g/mol. The molecule has 0 saturated carbocycles. The summed E-state index contributed by atoms with van der Waals surface area (Å²) in [5.41, 5.74) is 4.12. The highest BCUT2D eigenvalue weighted by Gasteiger charge is 1.97. The largest absolute Gasteiger partial charge is 0.376 e. The summed E-state index contributed by atoms with van der Waals surface area (Å²) in [5.74, 6) is 4.69. The standard InChI is InChI=1S/C9H13N3O/c1-7-3-2-4-8(5-7)11-6-9(13)12-10/h2-5,11H,6,10H2,1H3,(H,12,13). The van der Waals surface area contributed by atoms with Crippen molar-refractivity contribution in [3.63, 3.8) is 0 Å². The van der Waals surface area contributed by atoms with Crippen molar-refractivity contribution in [2.45, 2.75) is 6.92 Å². The van der Waals surface area contributed by atoms with Gasteiger partial charge in [-0.2, -0.15) is 0 Å². The van der Waals surface area contributed by atoms with Crippen LogP contribution in [0.5, 0.6) is 0 Å². The Morgan fingerprint density at radius 3 is 2.92 bits per heavy atom. The quantitative estimate of drug-likeness (QED) is 0.357. The van der Waals surface area contributed by atoms with E-state index in [1.165, 1.54) is 0 Å². The van der Waals surface area contributed by atoms with Crippen LogP contribution in [0, 0.1) is 6.92 Å². The van der Waals surface area contributed by atoms with Crippen LogP contribution in [0.3, 0.4) is 0 Å². The Bertz CT molecular complexity index is 299. The first-order valence-electron chi connectivity index (χ1n) is 4.02. The molecule has 0 fully saturated rings. The van der Waals surface area contributed by atoms with E-state index in [9.17, 15) is 4.79 Å². The van der Waals surface area contributed by atoms with Gasteiger partial charge in [0.25, 0.3) is 5.91 Å². The number of hydrazine groups is 1. The zero-order chi connectivity index (χ0) is 9.68. The van der Waals surface area contributed by atoms with Crippen molar-refractivity contribution in [2.24, 2.45) is 5.84 Å². The number of aryl methyl sites for hydroxylation is 1. The minimum atomic E-state index is -0.235. The molecular weight excluding hydrogens is 166 g/mol. The molecule has 1 aromatic rings. The molecule has 0 heterocycles. The van der Waals surface area contributed by atoms with Gasteiger partial charge in [-0.25, -0.2) is 5.84 Å². The third-order valence-corrected chi connectivity index (χ3v) is 1.63. The third-order valence-electron chi connectivity index (χ3n) is 1.63. The predicted octanol–water partition coefficient (Wildman–Crippen LogP) is 0.397. The van der Waals surface area contributed by atoms with E-state index < -0.39 is 0 Å². The molecule has 0 bridgehead atoms. The first-order valence-corrected chi connectivity index (χ1v) is 4.02. The molecule has 1 amide bonds. The fourth-order valence-corrected chi connectivity index (χ4v) is 0.988. The smallest absolute Gasteiger partial charge is 0.253 e. The van der Waals surface area contributed by atoms with Crippen molar-refractivity contribution in [1.29, 1.82) is 0 Å². The summed E-state index contributed by atoms with van der Waals surface area (Å²) < 4.78 is 0. The van der Waals surface area contributed by atoms with Crippen molar-refractivity contribution in [2.75, 3.05) is 11.9 Å². The molecule has 0 aliphatic carbocycles. The van der Waals surface area contributed by atoms with Crippen molar-refractivity contribution in [1.82, 2.24) is 5.43 Å². The normalized spacial score (nSPS) is 9.38. The summed E-state index contributed by atoms with van der Waals surface area (Å²) in [6.07, 6.45) is 0. The maximum atomic E-state index is 10.8. The van der Waals surface area contributed by atoms with Crippen LogP contribution < -0.4 is 16.6 Å². The van der Waals surface area contributed by atoms with E-state index in [-0.39, 0.29) is 12.5 Å². The van der Waals surface area contributed by atoms with Gasteiger partial charge in [-0.3, -0.25) is 10.2 Å². The summed E-state index contributed by atoms with van der Waals surface area (Å²) in [5, 5.41) is 2.94. The number of carbonyl (C=O) groups is 1. The van der Waals surface area contributed by atoms with Crippen LogP contribution in [0.25, 0.3) is 0 Å². The van der Waals surface area contributed by atoms with E-state index in [4.69, 9.17) is 5.84 Å². The van der Waals surface area contributed by atoms with Crippen LogP contribution in [0.4, 0.5) is 5.69 Å². The predicted molar refractivity (Wildman–Crippen MR) is 52.0 cm³/mol. The first-order chi connectivity index (χ1) is 6.22. The summed E-state index contributed by atoms with van der Waals surface area (Å²) in [6.45, 7) is 2.19. The maximum Gasteiger partial charge on any atom is 0.253 e. The Kier molecular flexibility index (Phi) is 3.28. The molecule has 4 heteroatoms. The first kappa shape index (κ1) is 9.54. The minimum absolute atomic E-state index is 0.194. The van der Waals surface area contributed by atoms with Crippen molar-refractivity contribution >= 4 is 11.6 Å². The van der Waals surface area contributed by atoms with Crippen LogP contribution in [-0.2, 0) is 4.79 Å². The van der Waals surface area contributed by atoms with Crippen LogP contribution in [0.2, 0.25) is 0 Å². The average molecular weight is 179 g/mol. The molecule has 0 unspecified atom stereocenters. The van der Waals surface area contributed by atoms with E-state index in [1.54, 1.807) is 0 Å². The lowest BCUT2D eigenvalue weighted by Crippen LogP contribution is -2.35. The fraction of sp³-hybridized carbons (Fsp3) is 0.222. The van der Waals surface area contributed by atoms with Crippen LogP contribution >= 0.6 is 0 Å². The lowest BCUT2D eigenvalue weighted by molar-refractivity contribution is -0.119. The molecular formula is C9H13N3O. The number of amides is 1. The van der Waals surface area contributed by atoms with E-state index in [2.05, 4.69) is 5.32 Å². The molecule has 13 heavy (non-hydrogen) atoms. The number of hydrogen-bond acceptors (Lipinski definition) is 3. The van der Waals surface area contributed by atoms with Gasteiger partial charge in [0.1, 0.15) is 0 Å². The Morgan fingerprint density at radius 1 is 1.54 bits per heavy atom. The van der Waals surface area contributed by atoms with Crippen LogP contribution in [-0.4, -0.2) is 12.5 Å². The lowest BCUT2D eigenvalue weighted by Gasteiger charge is -2.05. The molecule has 1 aromatic carbocycles. The Labute approximate surface area is 77.1 Å². The number of hydrogen-bond donors (Lipinski definition) is 3. The number of benzene rings is 1. The van der Waals surface area contributed by atoms with E-state index in [0.29, 0.717) is 0 Å². The summed E-state index contributed by atoms with van der Waals surface area (Å²) in [7, 11) is 0. The number of nitrogens with two attached hydrogens (primary N) is 1. The van der Waals surface area contributed by atoms with E-state index in [1.807, 2.05) is 36.6 Å². The Morgan fingerprint density at radius 2 is 2.31 bits per heavy atom. The molecule has 0 aliphatic rings. The lowest BCUT2D eigenvalue weighted by atomic mass is 10.2. The second-order valence-corrected chi connectivity index (χ2v) is 2.79. The van der Waals surface area contributed by atoms with E-state index >= 15 is 0 Å². The highest BCUT2D eigenvalue weighted by molar-refractivity contribution is 5.80. The number of nitrogens with one attached hydrogen (secondary N) is 2. The molecule has 0 aliphatic heterocycles. The third kappa shape index (κ3) is 3.13. The van der Waals surface area contributed by atoms with Gasteiger partial charge in [-0.05, 0) is 24.6 Å². The van der Waals surface area contributed by atoms with Gasteiger partial charge >= 0.3 is 0 Å². The molecule has 0 radical (unpaired) electrons. The van der Waals surface area contributed by atoms with Crippen molar-refractivity contribution in [3.05, 3.63) is 29.8 Å². The zero-order valence-electron chi connectivity index (χ0n) is 7.50. The van der Waals surface area contributed by atoms with Crippen molar-refractivity contribution in [3.8, 4) is 0 Å². The second kappa shape index (κ2) is 4.47. The number of rotatable bonds is 3. The summed E-state index contributed by atoms with van der Waals surface area (Å²) >= 11 is 0. The molecule has 1 rings (SSSR count). The van der Waals surface area contributed by atoms with E-state index in [0.717, 1.165) is 11.3 Å². The Balaban J connectivity index is 2.50. The highest BCUT2D eigenvalue weighted by atomic mass is 16.2. The molecule has 0 atom stereocenters. The van der Waals surface area contributed by atoms with Crippen LogP contribution in [0.1, 0.15) is 5.56 Å².